The number of para-hydroxylation sites is 1. The van der Waals surface area contributed by atoms with Crippen molar-refractivity contribution in [3.8, 4) is 51.5 Å². The summed E-state index contributed by atoms with van der Waals surface area (Å²) in [5.74, 6) is -5.42. The maximum Gasteiger partial charge on any atom is 0.205 e. The zero-order valence-corrected chi connectivity index (χ0v) is 29.7. The predicted octanol–water partition coefficient (Wildman–Crippen LogP) is 9.72. The van der Waals surface area contributed by atoms with Gasteiger partial charge >= 0.3 is 0 Å². The van der Waals surface area contributed by atoms with Gasteiger partial charge in [-0.3, -0.25) is 0 Å². The lowest BCUT2D eigenvalue weighted by Crippen LogP contribution is -2.07. The number of aromatic hydroxyl groups is 5. The van der Waals surface area contributed by atoms with Gasteiger partial charge in [-0.1, -0.05) is 60.2 Å². The van der Waals surface area contributed by atoms with Crippen molar-refractivity contribution in [3.63, 3.8) is 0 Å². The van der Waals surface area contributed by atoms with Gasteiger partial charge in [-0.25, -0.2) is 15.0 Å². The molecule has 5 aromatic carbocycles. The van der Waals surface area contributed by atoms with E-state index in [0.717, 1.165) is 16.3 Å². The molecular weight excluding hydrogens is 702 g/mol. The highest BCUT2D eigenvalue weighted by molar-refractivity contribution is 6.21. The van der Waals surface area contributed by atoms with Crippen LogP contribution in [-0.4, -0.2) is 50.7 Å². The number of benzene rings is 5. The number of rotatable bonds is 3. The smallest absolute Gasteiger partial charge is 0.205 e. The van der Waals surface area contributed by atoms with E-state index < -0.39 is 45.8 Å². The van der Waals surface area contributed by atoms with Crippen LogP contribution in [0.4, 0.5) is 0 Å². The highest BCUT2D eigenvalue weighted by atomic mass is 16.4. The third kappa shape index (κ3) is 4.67. The number of phenols is 5. The number of phenolic OH excluding ortho intramolecular Hbond substituents is 5. The molecule has 3 aromatic heterocycles. The number of furan rings is 2. The van der Waals surface area contributed by atoms with Gasteiger partial charge in [0.15, 0.2) is 51.7 Å². The van der Waals surface area contributed by atoms with E-state index in [9.17, 15) is 35.7 Å². The molecule has 9 rings (SSSR count). The third-order valence-corrected chi connectivity index (χ3v) is 10.3. The zero-order valence-electron chi connectivity index (χ0n) is 29.7. The number of aromatic nitrogens is 3. The molecule has 0 amide bonds. The van der Waals surface area contributed by atoms with Gasteiger partial charge in [0.25, 0.3) is 0 Å². The van der Waals surface area contributed by atoms with Crippen LogP contribution in [0, 0.1) is 13.8 Å². The molecule has 0 atom stereocenters. The Balaban J connectivity index is 1.44. The van der Waals surface area contributed by atoms with Gasteiger partial charge in [-0.2, -0.15) is 0 Å². The summed E-state index contributed by atoms with van der Waals surface area (Å²) in [5.41, 5.74) is 2.79. The van der Waals surface area contributed by atoms with E-state index in [1.54, 1.807) is 19.1 Å². The number of aliphatic hydroxyl groups excluding tert-OH is 2. The molecule has 8 aromatic rings. The molecular formula is C43H31N3O9. The molecule has 0 bridgehead atoms. The number of hydrogen-bond donors (Lipinski definition) is 7. The Hall–Kier alpha value is -7.47. The van der Waals surface area contributed by atoms with Gasteiger partial charge in [0.2, 0.25) is 17.2 Å². The van der Waals surface area contributed by atoms with Crippen LogP contribution in [0.5, 0.6) is 28.7 Å². The van der Waals surface area contributed by atoms with Crippen molar-refractivity contribution in [1.29, 1.82) is 0 Å². The van der Waals surface area contributed by atoms with Crippen LogP contribution >= 0.6 is 0 Å². The zero-order chi connectivity index (χ0) is 38.6. The summed E-state index contributed by atoms with van der Waals surface area (Å²) in [6, 6.07) is 20.5. The van der Waals surface area contributed by atoms with E-state index in [1.165, 1.54) is 13.8 Å². The summed E-state index contributed by atoms with van der Waals surface area (Å²) < 4.78 is 12.1. The number of fused-ring (bicyclic) bond motifs is 3. The molecule has 0 aliphatic heterocycles. The lowest BCUT2D eigenvalue weighted by atomic mass is 9.88. The van der Waals surface area contributed by atoms with Gasteiger partial charge in [0, 0.05) is 54.9 Å². The van der Waals surface area contributed by atoms with E-state index >= 15 is 0 Å². The largest absolute Gasteiger partial charge is 0.504 e. The maximum absolute atomic E-state index is 12.2. The fourth-order valence-corrected chi connectivity index (χ4v) is 7.49. The summed E-state index contributed by atoms with van der Waals surface area (Å²) >= 11 is 0. The van der Waals surface area contributed by atoms with Crippen molar-refractivity contribution in [2.75, 3.05) is 0 Å². The first-order valence-corrected chi connectivity index (χ1v) is 17.2. The Bertz CT molecular complexity index is 3090. The van der Waals surface area contributed by atoms with Crippen molar-refractivity contribution >= 4 is 55.0 Å². The molecule has 272 valence electrons. The van der Waals surface area contributed by atoms with E-state index in [2.05, 4.69) is 0 Å². The Labute approximate surface area is 311 Å². The second kappa shape index (κ2) is 11.8. The lowest BCUT2D eigenvalue weighted by Gasteiger charge is -2.16. The molecule has 0 unspecified atom stereocenters. The number of aliphatic hydroxyl groups is 2. The number of nitrogens with zero attached hydrogens (tertiary/aromatic N) is 3. The van der Waals surface area contributed by atoms with Crippen LogP contribution < -0.4 is 0 Å². The Morgan fingerprint density at radius 1 is 0.545 bits per heavy atom. The number of hydrogen-bond acceptors (Lipinski definition) is 12. The molecule has 1 aliphatic rings. The van der Waals surface area contributed by atoms with Crippen LogP contribution in [0.25, 0.3) is 77.8 Å². The average Bonchev–Trinajstić information content (AvgIpc) is 3.78. The summed E-state index contributed by atoms with van der Waals surface area (Å²) in [6.07, 6.45) is 1.63. The minimum Gasteiger partial charge on any atom is -0.504 e. The lowest BCUT2D eigenvalue weighted by molar-refractivity contribution is 0.325. The maximum atomic E-state index is 12.2. The molecule has 55 heavy (non-hydrogen) atoms. The van der Waals surface area contributed by atoms with Crippen molar-refractivity contribution in [1.82, 2.24) is 15.0 Å². The Morgan fingerprint density at radius 3 is 1.85 bits per heavy atom. The first-order chi connectivity index (χ1) is 26.4. The van der Waals surface area contributed by atoms with Crippen molar-refractivity contribution in [2.45, 2.75) is 27.7 Å². The van der Waals surface area contributed by atoms with Crippen LogP contribution in [0.2, 0.25) is 0 Å². The second-order valence-electron chi connectivity index (χ2n) is 13.5. The molecule has 3 heterocycles. The van der Waals surface area contributed by atoms with Gasteiger partial charge in [0.05, 0.1) is 5.57 Å². The molecule has 0 saturated heterocycles. The van der Waals surface area contributed by atoms with Gasteiger partial charge < -0.3 is 44.6 Å². The van der Waals surface area contributed by atoms with E-state index in [-0.39, 0.29) is 61.7 Å². The molecule has 0 saturated carbocycles. The minimum atomic E-state index is -1.03. The van der Waals surface area contributed by atoms with E-state index in [4.69, 9.17) is 23.8 Å². The molecule has 0 fully saturated rings. The highest BCUT2D eigenvalue weighted by Crippen LogP contribution is 2.57. The minimum absolute atomic E-state index is 0.0813. The average molecular weight is 734 g/mol. The van der Waals surface area contributed by atoms with Gasteiger partial charge in [-0.05, 0) is 51.5 Å². The molecule has 0 radical (unpaired) electrons. The van der Waals surface area contributed by atoms with Crippen LogP contribution in [0.1, 0.15) is 41.9 Å². The summed E-state index contributed by atoms with van der Waals surface area (Å²) in [5, 5.41) is 82.3. The van der Waals surface area contributed by atoms with Crippen molar-refractivity contribution < 1.29 is 44.6 Å². The molecule has 12 heteroatoms. The van der Waals surface area contributed by atoms with Crippen LogP contribution in [0.15, 0.2) is 98.7 Å². The highest BCUT2D eigenvalue weighted by Gasteiger charge is 2.36. The van der Waals surface area contributed by atoms with Gasteiger partial charge in [-0.15, -0.1) is 0 Å². The predicted molar refractivity (Wildman–Crippen MR) is 207 cm³/mol. The second-order valence-corrected chi connectivity index (χ2v) is 13.5. The summed E-state index contributed by atoms with van der Waals surface area (Å²) in [7, 11) is 0. The van der Waals surface area contributed by atoms with Crippen molar-refractivity contribution in [2.24, 2.45) is 0 Å². The van der Waals surface area contributed by atoms with E-state index in [0.29, 0.717) is 27.9 Å². The Morgan fingerprint density at radius 2 is 1.15 bits per heavy atom. The topological polar surface area (TPSA) is 207 Å². The first-order valence-electron chi connectivity index (χ1n) is 17.2. The Kier molecular flexibility index (Phi) is 7.14. The fraction of sp³-hybridized carbons (Fsp3) is 0.0930. The van der Waals surface area contributed by atoms with Crippen molar-refractivity contribution in [3.05, 3.63) is 118 Å². The molecule has 0 spiro atoms. The third-order valence-electron chi connectivity index (χ3n) is 10.3. The normalized spacial score (nSPS) is 16.8. The molecule has 12 nitrogen and oxygen atoms in total. The van der Waals surface area contributed by atoms with Gasteiger partial charge in [0.1, 0.15) is 11.2 Å². The SMILES string of the molecule is C/C=C1/C(C)=C(O)\C(O)=C(\c2nc(-c3ccc(C)cc3)nc(-c3ccc4c(c3)oc3ccccc34)n2)c2c(O)c(O)c(O)c3oc4c(O)c(O)c(C)c1c4c23. The van der Waals surface area contributed by atoms with Crippen LogP contribution in [-0.2, 0) is 0 Å². The quantitative estimate of drug-likeness (QED) is 0.0847. The monoisotopic (exact) mass is 733 g/mol. The molecule has 7 N–H and O–H groups in total. The van der Waals surface area contributed by atoms with E-state index in [1.807, 2.05) is 67.6 Å². The standard InChI is InChI=1S/C43H31N3O9/c1-5-22-18(3)32(47)35(50)31(28-30-29-27(22)19(4)33(48)37(52)39(29)55-40(30)38(53)36(51)34(28)49)43-45-41(20-12-10-17(2)11-13-20)44-42(46-43)21-14-15-24-23-8-6-7-9-25(23)54-26(24)16-21/h5-16,47-53H,1-4H3/b22-5-,32-18+,35-31-. The summed E-state index contributed by atoms with van der Waals surface area (Å²) in [6.45, 7) is 6.68. The number of allylic oxidation sites excluding steroid dienone is 3. The first kappa shape index (κ1) is 33.4. The summed E-state index contributed by atoms with van der Waals surface area (Å²) in [4.78, 5) is 14.4. The van der Waals surface area contributed by atoms with Crippen LogP contribution in [0.3, 0.4) is 0 Å². The molecule has 1 aliphatic carbocycles. The fourth-order valence-electron chi connectivity index (χ4n) is 7.49. The number of aryl methyl sites for hydroxylation is 1.